The van der Waals surface area contributed by atoms with E-state index in [1.54, 1.807) is 28.9 Å². The summed E-state index contributed by atoms with van der Waals surface area (Å²) in [5.74, 6) is -1.66. The van der Waals surface area contributed by atoms with E-state index in [9.17, 15) is 19.2 Å². The first-order chi connectivity index (χ1) is 14.8. The molecular formula is C22H25N3O6. The van der Waals surface area contributed by atoms with Gasteiger partial charge in [0.15, 0.2) is 6.61 Å². The van der Waals surface area contributed by atoms with Crippen molar-refractivity contribution in [1.29, 1.82) is 0 Å². The molecule has 1 aromatic carbocycles. The van der Waals surface area contributed by atoms with E-state index in [-0.39, 0.29) is 23.9 Å². The number of rotatable bonds is 7. The fourth-order valence-corrected chi connectivity index (χ4v) is 3.56. The van der Waals surface area contributed by atoms with Gasteiger partial charge in [-0.15, -0.1) is 0 Å². The second-order valence-electron chi connectivity index (χ2n) is 7.30. The average Bonchev–Trinajstić information content (AvgIpc) is 3.32. The van der Waals surface area contributed by atoms with Gasteiger partial charge in [-0.1, -0.05) is 0 Å². The van der Waals surface area contributed by atoms with Crippen molar-refractivity contribution in [1.82, 2.24) is 14.7 Å². The molecule has 1 aliphatic heterocycles. The van der Waals surface area contributed by atoms with Crippen LogP contribution in [0.15, 0.2) is 24.3 Å². The van der Waals surface area contributed by atoms with Gasteiger partial charge in [0, 0.05) is 25.1 Å². The summed E-state index contributed by atoms with van der Waals surface area (Å²) in [4.78, 5) is 48.4. The normalized spacial score (nSPS) is 13.4. The SMILES string of the molecule is COC(=O)CCc1c(C)nn(-c2ccc(C(=O)OCC(=O)N3CCCC3=O)cc2)c1C. The lowest BCUT2D eigenvalue weighted by Crippen LogP contribution is -2.35. The molecule has 0 saturated carbocycles. The molecule has 2 amide bonds. The summed E-state index contributed by atoms with van der Waals surface area (Å²) in [7, 11) is 1.36. The number of hydrogen-bond acceptors (Lipinski definition) is 7. The molecule has 164 valence electrons. The number of benzene rings is 1. The van der Waals surface area contributed by atoms with Gasteiger partial charge < -0.3 is 9.47 Å². The van der Waals surface area contributed by atoms with Crippen molar-refractivity contribution in [2.24, 2.45) is 0 Å². The molecule has 0 bridgehead atoms. The maximum Gasteiger partial charge on any atom is 0.338 e. The molecule has 31 heavy (non-hydrogen) atoms. The summed E-state index contributed by atoms with van der Waals surface area (Å²) >= 11 is 0. The Morgan fingerprint density at radius 3 is 2.45 bits per heavy atom. The summed E-state index contributed by atoms with van der Waals surface area (Å²) in [6, 6.07) is 6.64. The molecule has 9 nitrogen and oxygen atoms in total. The Morgan fingerprint density at radius 2 is 1.84 bits per heavy atom. The van der Waals surface area contributed by atoms with Crippen LogP contribution in [0.5, 0.6) is 0 Å². The van der Waals surface area contributed by atoms with Crippen LogP contribution in [0.1, 0.15) is 46.6 Å². The quantitative estimate of drug-likeness (QED) is 0.621. The molecule has 0 unspecified atom stereocenters. The highest BCUT2D eigenvalue weighted by Gasteiger charge is 2.27. The lowest BCUT2D eigenvalue weighted by atomic mass is 10.1. The maximum atomic E-state index is 12.3. The van der Waals surface area contributed by atoms with E-state index in [2.05, 4.69) is 5.10 Å². The monoisotopic (exact) mass is 427 g/mol. The molecule has 1 aliphatic rings. The van der Waals surface area contributed by atoms with Crippen molar-refractivity contribution in [3.63, 3.8) is 0 Å². The number of hydrogen-bond donors (Lipinski definition) is 0. The van der Waals surface area contributed by atoms with Gasteiger partial charge in [-0.25, -0.2) is 9.48 Å². The van der Waals surface area contributed by atoms with Crippen LogP contribution in [0.3, 0.4) is 0 Å². The Hall–Kier alpha value is -3.49. The second kappa shape index (κ2) is 9.55. The number of ether oxygens (including phenoxy) is 2. The van der Waals surface area contributed by atoms with E-state index in [4.69, 9.17) is 9.47 Å². The topological polar surface area (TPSA) is 108 Å². The molecule has 0 spiro atoms. The molecule has 1 aromatic heterocycles. The highest BCUT2D eigenvalue weighted by Crippen LogP contribution is 2.20. The molecule has 3 rings (SSSR count). The fraction of sp³-hybridized carbons (Fsp3) is 0.409. The van der Waals surface area contributed by atoms with Crippen LogP contribution in [0.4, 0.5) is 0 Å². The second-order valence-corrected chi connectivity index (χ2v) is 7.30. The Labute approximate surface area is 179 Å². The van der Waals surface area contributed by atoms with Crippen molar-refractivity contribution in [2.75, 3.05) is 20.3 Å². The average molecular weight is 427 g/mol. The minimum atomic E-state index is -0.640. The van der Waals surface area contributed by atoms with Crippen molar-refractivity contribution >= 4 is 23.8 Å². The zero-order valence-corrected chi connectivity index (χ0v) is 17.8. The molecule has 0 N–H and O–H groups in total. The van der Waals surface area contributed by atoms with E-state index in [1.165, 1.54) is 7.11 Å². The Morgan fingerprint density at radius 1 is 1.13 bits per heavy atom. The van der Waals surface area contributed by atoms with Crippen LogP contribution in [-0.2, 0) is 30.3 Å². The number of imide groups is 1. The van der Waals surface area contributed by atoms with E-state index < -0.39 is 18.5 Å². The standard InChI is InChI=1S/C22H25N3O6/c1-14-18(10-11-21(28)30-3)15(2)25(23-14)17-8-6-16(7-9-17)22(29)31-13-20(27)24-12-4-5-19(24)26/h6-9H,4-5,10-13H2,1-3H3. The van der Waals surface area contributed by atoms with Gasteiger partial charge in [-0.3, -0.25) is 19.3 Å². The third kappa shape index (κ3) is 4.99. The Balaban J connectivity index is 1.64. The molecule has 2 aromatic rings. The van der Waals surface area contributed by atoms with Gasteiger partial charge >= 0.3 is 11.9 Å². The fourth-order valence-electron chi connectivity index (χ4n) is 3.56. The summed E-state index contributed by atoms with van der Waals surface area (Å²) in [5, 5.41) is 4.54. The number of nitrogens with zero attached hydrogens (tertiary/aromatic N) is 3. The molecule has 2 heterocycles. The Kier molecular flexibility index (Phi) is 6.84. The number of aromatic nitrogens is 2. The summed E-state index contributed by atoms with van der Waals surface area (Å²) in [5.41, 5.74) is 3.73. The maximum absolute atomic E-state index is 12.3. The predicted molar refractivity (Wildman–Crippen MR) is 110 cm³/mol. The van der Waals surface area contributed by atoms with Crippen LogP contribution in [-0.4, -0.2) is 58.7 Å². The minimum absolute atomic E-state index is 0.235. The largest absolute Gasteiger partial charge is 0.469 e. The molecule has 0 aliphatic carbocycles. The first-order valence-corrected chi connectivity index (χ1v) is 10.0. The van der Waals surface area contributed by atoms with E-state index in [1.807, 2.05) is 13.8 Å². The smallest absolute Gasteiger partial charge is 0.338 e. The highest BCUT2D eigenvalue weighted by atomic mass is 16.5. The third-order valence-corrected chi connectivity index (χ3v) is 5.30. The van der Waals surface area contributed by atoms with Crippen molar-refractivity contribution in [2.45, 2.75) is 39.5 Å². The zero-order valence-electron chi connectivity index (χ0n) is 17.8. The number of esters is 2. The van der Waals surface area contributed by atoms with Gasteiger partial charge in [0.25, 0.3) is 5.91 Å². The summed E-state index contributed by atoms with van der Waals surface area (Å²) in [6.45, 7) is 3.70. The lowest BCUT2D eigenvalue weighted by Gasteiger charge is -2.13. The van der Waals surface area contributed by atoms with E-state index in [0.717, 1.165) is 27.5 Å². The number of carbonyl (C=O) groups is 4. The number of carbonyl (C=O) groups excluding carboxylic acids is 4. The molecule has 9 heteroatoms. The minimum Gasteiger partial charge on any atom is -0.469 e. The van der Waals surface area contributed by atoms with E-state index in [0.29, 0.717) is 25.8 Å². The van der Waals surface area contributed by atoms with Crippen LogP contribution in [0, 0.1) is 13.8 Å². The van der Waals surface area contributed by atoms with Crippen LogP contribution >= 0.6 is 0 Å². The first kappa shape index (κ1) is 22.2. The summed E-state index contributed by atoms with van der Waals surface area (Å²) in [6.07, 6.45) is 1.78. The van der Waals surface area contributed by atoms with Crippen LogP contribution in [0.25, 0.3) is 5.69 Å². The van der Waals surface area contributed by atoms with Gasteiger partial charge in [0.05, 0.1) is 24.1 Å². The predicted octanol–water partition coefficient (Wildman–Crippen LogP) is 1.90. The Bertz CT molecular complexity index is 1010. The number of methoxy groups -OCH3 is 1. The lowest BCUT2D eigenvalue weighted by molar-refractivity contribution is -0.144. The molecule has 0 atom stereocenters. The van der Waals surface area contributed by atoms with Gasteiger partial charge in [0.2, 0.25) is 5.91 Å². The molecule has 0 radical (unpaired) electrons. The highest BCUT2D eigenvalue weighted by molar-refractivity contribution is 5.98. The van der Waals surface area contributed by atoms with Crippen molar-refractivity contribution in [3.05, 3.63) is 46.8 Å². The summed E-state index contributed by atoms with van der Waals surface area (Å²) < 4.78 is 11.5. The van der Waals surface area contributed by atoms with Gasteiger partial charge in [-0.2, -0.15) is 5.10 Å². The molecular weight excluding hydrogens is 402 g/mol. The number of amides is 2. The van der Waals surface area contributed by atoms with E-state index >= 15 is 0 Å². The molecule has 1 saturated heterocycles. The third-order valence-electron chi connectivity index (χ3n) is 5.30. The zero-order chi connectivity index (χ0) is 22.5. The molecule has 1 fully saturated rings. The first-order valence-electron chi connectivity index (χ1n) is 10.0. The van der Waals surface area contributed by atoms with Gasteiger partial charge in [-0.05, 0) is 56.5 Å². The van der Waals surface area contributed by atoms with Crippen molar-refractivity contribution in [3.8, 4) is 5.69 Å². The number of likely N-dealkylation sites (tertiary alicyclic amines) is 1. The van der Waals surface area contributed by atoms with Crippen LogP contribution < -0.4 is 0 Å². The van der Waals surface area contributed by atoms with Crippen LogP contribution in [0.2, 0.25) is 0 Å². The van der Waals surface area contributed by atoms with Gasteiger partial charge in [0.1, 0.15) is 0 Å². The van der Waals surface area contributed by atoms with Crippen molar-refractivity contribution < 1.29 is 28.7 Å². The number of aryl methyl sites for hydroxylation is 1.